The Morgan fingerprint density at radius 1 is 0.846 bits per heavy atom. The van der Waals surface area contributed by atoms with E-state index in [-0.39, 0.29) is 33.0 Å². The average molecular weight is 354 g/mol. The van der Waals surface area contributed by atoms with Gasteiger partial charge in [0.25, 0.3) is 16.7 Å². The molecule has 2 aromatic carbocycles. The van der Waals surface area contributed by atoms with Gasteiger partial charge < -0.3 is 9.94 Å². The molecule has 4 N–H and O–H groups in total. The molecule has 2 heterocycles. The van der Waals surface area contributed by atoms with E-state index in [0.29, 0.717) is 4.85 Å². The Morgan fingerprint density at radius 2 is 1.58 bits per heavy atom. The number of aromatic hydroxyl groups is 1. The first-order valence-electron chi connectivity index (χ1n) is 7.36. The molecule has 0 unspecified atom stereocenters. The molecule has 0 aliphatic carbocycles. The Hall–Kier alpha value is -4.08. The number of benzene rings is 2. The van der Waals surface area contributed by atoms with Gasteiger partial charge in [0.2, 0.25) is 0 Å². The standard InChI is InChI=1S/C16H10N4O6/c21-11-3-1-2-9-12(11)16(25)20(19-15(9)24)26-7-4-5-8-10(6-7)14(23)18-17-13(8)22/h1-6,21H,(H,17,22)(H,18,23)(H,19,24). The van der Waals surface area contributed by atoms with Crippen molar-refractivity contribution in [1.82, 2.24) is 20.1 Å². The highest BCUT2D eigenvalue weighted by atomic mass is 16.7. The lowest BCUT2D eigenvalue weighted by Crippen LogP contribution is -2.33. The van der Waals surface area contributed by atoms with Crippen molar-refractivity contribution in [2.24, 2.45) is 0 Å². The summed E-state index contributed by atoms with van der Waals surface area (Å²) in [5.41, 5.74) is -2.49. The van der Waals surface area contributed by atoms with Crippen LogP contribution < -0.4 is 27.1 Å². The van der Waals surface area contributed by atoms with E-state index in [4.69, 9.17) is 4.84 Å². The molecular weight excluding hydrogens is 344 g/mol. The van der Waals surface area contributed by atoms with Crippen LogP contribution in [0, 0.1) is 0 Å². The Morgan fingerprint density at radius 3 is 2.35 bits per heavy atom. The topological polar surface area (TPSA) is 150 Å². The maximum Gasteiger partial charge on any atom is 0.313 e. The number of nitrogens with one attached hydrogen (secondary N) is 3. The quantitative estimate of drug-likeness (QED) is 0.390. The van der Waals surface area contributed by atoms with Crippen LogP contribution in [0.25, 0.3) is 21.5 Å². The number of nitrogens with zero attached hydrogens (tertiary/aromatic N) is 1. The van der Waals surface area contributed by atoms with E-state index >= 15 is 0 Å². The number of hydrogen-bond donors (Lipinski definition) is 4. The van der Waals surface area contributed by atoms with Gasteiger partial charge in [0.15, 0.2) is 5.75 Å². The molecule has 0 saturated heterocycles. The van der Waals surface area contributed by atoms with Crippen LogP contribution in [0.5, 0.6) is 11.5 Å². The molecule has 4 aromatic rings. The molecule has 0 saturated carbocycles. The second-order valence-corrected chi connectivity index (χ2v) is 5.45. The summed E-state index contributed by atoms with van der Waals surface area (Å²) in [6.07, 6.45) is 0. The van der Waals surface area contributed by atoms with Crippen molar-refractivity contribution >= 4 is 21.5 Å². The minimum absolute atomic E-state index is 0.0105. The van der Waals surface area contributed by atoms with E-state index < -0.39 is 22.2 Å². The van der Waals surface area contributed by atoms with Crippen LogP contribution in [0.15, 0.2) is 55.6 Å². The molecule has 130 valence electrons. The van der Waals surface area contributed by atoms with E-state index in [1.165, 1.54) is 36.4 Å². The summed E-state index contributed by atoms with van der Waals surface area (Å²) in [6, 6.07) is 8.06. The zero-order chi connectivity index (χ0) is 18.4. The van der Waals surface area contributed by atoms with E-state index in [2.05, 4.69) is 15.3 Å². The Kier molecular flexibility index (Phi) is 3.26. The van der Waals surface area contributed by atoms with Crippen molar-refractivity contribution in [2.45, 2.75) is 0 Å². The predicted octanol–water partition coefficient (Wildman–Crippen LogP) is -0.233. The summed E-state index contributed by atoms with van der Waals surface area (Å²) in [6.45, 7) is 0. The molecule has 10 nitrogen and oxygen atoms in total. The highest BCUT2D eigenvalue weighted by Gasteiger charge is 2.13. The third-order valence-corrected chi connectivity index (χ3v) is 3.86. The van der Waals surface area contributed by atoms with Gasteiger partial charge in [-0.2, -0.15) is 0 Å². The van der Waals surface area contributed by atoms with Gasteiger partial charge in [0.1, 0.15) is 5.75 Å². The number of phenols is 1. The van der Waals surface area contributed by atoms with Gasteiger partial charge in [-0.25, -0.2) is 5.10 Å². The zero-order valence-electron chi connectivity index (χ0n) is 12.9. The first-order valence-corrected chi connectivity index (χ1v) is 7.36. The van der Waals surface area contributed by atoms with Crippen LogP contribution >= 0.6 is 0 Å². The van der Waals surface area contributed by atoms with Gasteiger partial charge in [-0.1, -0.05) is 10.9 Å². The number of aromatic amines is 3. The first kappa shape index (κ1) is 15.4. The molecule has 4 rings (SSSR count). The van der Waals surface area contributed by atoms with Crippen molar-refractivity contribution in [3.05, 3.63) is 77.8 Å². The number of fused-ring (bicyclic) bond motifs is 2. The fourth-order valence-corrected chi connectivity index (χ4v) is 2.64. The number of H-pyrrole nitrogens is 3. The molecule has 26 heavy (non-hydrogen) atoms. The van der Waals surface area contributed by atoms with Crippen LogP contribution in [0.1, 0.15) is 0 Å². The van der Waals surface area contributed by atoms with E-state index in [9.17, 15) is 24.3 Å². The summed E-state index contributed by atoms with van der Waals surface area (Å²) in [7, 11) is 0. The fraction of sp³-hybridized carbons (Fsp3) is 0. The molecule has 0 amide bonds. The monoisotopic (exact) mass is 354 g/mol. The van der Waals surface area contributed by atoms with E-state index in [1.807, 2.05) is 0 Å². The van der Waals surface area contributed by atoms with Crippen LogP contribution in [-0.2, 0) is 0 Å². The molecular formula is C16H10N4O6. The SMILES string of the molecule is O=c1[nH][nH]c(=O)c2cc(On3[nH]c(=O)c4cccc(O)c4c3=O)ccc12. The highest BCUT2D eigenvalue weighted by Crippen LogP contribution is 2.18. The maximum absolute atomic E-state index is 12.5. The van der Waals surface area contributed by atoms with Crippen LogP contribution in [0.3, 0.4) is 0 Å². The van der Waals surface area contributed by atoms with Crippen LogP contribution in [-0.4, -0.2) is 25.2 Å². The Balaban J connectivity index is 1.91. The number of rotatable bonds is 2. The van der Waals surface area contributed by atoms with Gasteiger partial charge in [0, 0.05) is 0 Å². The van der Waals surface area contributed by atoms with Crippen molar-refractivity contribution in [3.8, 4) is 11.5 Å². The Labute approximate surface area is 141 Å². The first-order chi connectivity index (χ1) is 12.5. The van der Waals surface area contributed by atoms with E-state index in [1.54, 1.807) is 0 Å². The number of aromatic nitrogens is 4. The molecule has 0 spiro atoms. The molecule has 0 bridgehead atoms. The minimum Gasteiger partial charge on any atom is -0.507 e. The largest absolute Gasteiger partial charge is 0.507 e. The van der Waals surface area contributed by atoms with Gasteiger partial charge in [-0.3, -0.25) is 29.4 Å². The van der Waals surface area contributed by atoms with Crippen LogP contribution in [0.4, 0.5) is 0 Å². The van der Waals surface area contributed by atoms with Crippen molar-refractivity contribution < 1.29 is 9.94 Å². The molecule has 0 atom stereocenters. The third kappa shape index (κ3) is 2.28. The zero-order valence-corrected chi connectivity index (χ0v) is 12.9. The Bertz CT molecular complexity index is 1410. The summed E-state index contributed by atoms with van der Waals surface area (Å²) in [5.74, 6) is -0.335. The molecule has 0 radical (unpaired) electrons. The average Bonchev–Trinajstić information content (AvgIpc) is 2.62. The fourth-order valence-electron chi connectivity index (χ4n) is 2.64. The lowest BCUT2D eigenvalue weighted by atomic mass is 10.2. The van der Waals surface area contributed by atoms with Gasteiger partial charge in [-0.05, 0) is 30.3 Å². The number of hydrogen-bond acceptors (Lipinski definition) is 6. The summed E-state index contributed by atoms with van der Waals surface area (Å²) in [5, 5.41) is 16.5. The molecule has 0 aliphatic rings. The van der Waals surface area contributed by atoms with E-state index in [0.717, 1.165) is 0 Å². The molecule has 0 fully saturated rings. The number of phenolic OH excluding ortho intramolecular Hbond substituents is 1. The summed E-state index contributed by atoms with van der Waals surface area (Å²) in [4.78, 5) is 54.0. The van der Waals surface area contributed by atoms with Crippen molar-refractivity contribution in [1.29, 1.82) is 0 Å². The van der Waals surface area contributed by atoms with Crippen molar-refractivity contribution in [3.63, 3.8) is 0 Å². The normalized spacial score (nSPS) is 11.1. The predicted molar refractivity (Wildman–Crippen MR) is 91.7 cm³/mol. The smallest absolute Gasteiger partial charge is 0.313 e. The third-order valence-electron chi connectivity index (χ3n) is 3.86. The second-order valence-electron chi connectivity index (χ2n) is 5.45. The van der Waals surface area contributed by atoms with Gasteiger partial charge >= 0.3 is 5.56 Å². The van der Waals surface area contributed by atoms with Gasteiger partial charge in [-0.15, -0.1) is 0 Å². The lowest BCUT2D eigenvalue weighted by molar-refractivity contribution is 0.164. The maximum atomic E-state index is 12.5. The minimum atomic E-state index is -0.794. The molecule has 2 aromatic heterocycles. The lowest BCUT2D eigenvalue weighted by Gasteiger charge is -2.09. The molecule has 0 aliphatic heterocycles. The van der Waals surface area contributed by atoms with Crippen molar-refractivity contribution in [2.75, 3.05) is 0 Å². The molecule has 10 heteroatoms. The second kappa shape index (κ2) is 5.48. The van der Waals surface area contributed by atoms with Gasteiger partial charge in [0.05, 0.1) is 21.5 Å². The summed E-state index contributed by atoms with van der Waals surface area (Å²) >= 11 is 0. The highest BCUT2D eigenvalue weighted by molar-refractivity contribution is 5.86. The summed E-state index contributed by atoms with van der Waals surface area (Å²) < 4.78 is 0. The van der Waals surface area contributed by atoms with Crippen LogP contribution in [0.2, 0.25) is 0 Å².